The van der Waals surface area contributed by atoms with Crippen LogP contribution in [0.4, 0.5) is 0 Å². The highest BCUT2D eigenvalue weighted by molar-refractivity contribution is 5.85. The second-order valence-corrected chi connectivity index (χ2v) is 3.54. The first-order chi connectivity index (χ1) is 7.42. The first-order valence-electron chi connectivity index (χ1n) is 5.19. The topological polar surface area (TPSA) is 12.0 Å². The summed E-state index contributed by atoms with van der Waals surface area (Å²) in [4.78, 5) is 0. The molecule has 1 N–H and O–H groups in total. The van der Waals surface area contributed by atoms with E-state index in [0.717, 1.165) is 0 Å². The summed E-state index contributed by atoms with van der Waals surface area (Å²) in [7, 11) is 1.99. The molecule has 0 saturated heterocycles. The molecule has 16 heavy (non-hydrogen) atoms. The maximum Gasteiger partial charge on any atom is 0.0574 e. The van der Waals surface area contributed by atoms with Crippen molar-refractivity contribution in [3.8, 4) is 0 Å². The van der Waals surface area contributed by atoms with Crippen LogP contribution in [0.1, 0.15) is 17.2 Å². The Labute approximate surface area is 103 Å². The minimum absolute atomic E-state index is 0. The number of halogens is 1. The average Bonchev–Trinajstić information content (AvgIpc) is 2.33. The van der Waals surface area contributed by atoms with Crippen LogP contribution < -0.4 is 5.32 Å². The zero-order chi connectivity index (χ0) is 10.5. The van der Waals surface area contributed by atoms with Crippen LogP contribution in [0, 0.1) is 0 Å². The normalized spacial score (nSPS) is 9.88. The van der Waals surface area contributed by atoms with Gasteiger partial charge in [-0.15, -0.1) is 12.4 Å². The van der Waals surface area contributed by atoms with Gasteiger partial charge >= 0.3 is 0 Å². The lowest BCUT2D eigenvalue weighted by Gasteiger charge is -2.16. The lowest BCUT2D eigenvalue weighted by atomic mass is 9.99. The Kier molecular flexibility index (Phi) is 5.03. The van der Waals surface area contributed by atoms with Gasteiger partial charge in [0.25, 0.3) is 0 Å². The van der Waals surface area contributed by atoms with Crippen molar-refractivity contribution in [1.82, 2.24) is 5.32 Å². The molecule has 0 bridgehead atoms. The van der Waals surface area contributed by atoms with E-state index >= 15 is 0 Å². The average molecular weight is 234 g/mol. The fourth-order valence-corrected chi connectivity index (χ4v) is 1.82. The molecule has 0 fully saturated rings. The fraction of sp³-hybridized carbons (Fsp3) is 0.143. The summed E-state index contributed by atoms with van der Waals surface area (Å²) in [5, 5.41) is 3.33. The van der Waals surface area contributed by atoms with Crippen LogP contribution in [0.15, 0.2) is 60.7 Å². The van der Waals surface area contributed by atoms with E-state index in [4.69, 9.17) is 0 Å². The van der Waals surface area contributed by atoms with Crippen molar-refractivity contribution in [2.24, 2.45) is 0 Å². The second-order valence-electron chi connectivity index (χ2n) is 3.54. The van der Waals surface area contributed by atoms with E-state index < -0.39 is 0 Å². The second kappa shape index (κ2) is 6.31. The van der Waals surface area contributed by atoms with Gasteiger partial charge in [-0.25, -0.2) is 0 Å². The van der Waals surface area contributed by atoms with E-state index in [-0.39, 0.29) is 18.4 Å². The smallest absolute Gasteiger partial charge is 0.0574 e. The largest absolute Gasteiger partial charge is 0.309 e. The lowest BCUT2D eigenvalue weighted by Crippen LogP contribution is -2.17. The predicted octanol–water partition coefficient (Wildman–Crippen LogP) is 3.42. The number of nitrogens with one attached hydrogen (secondary N) is 1. The van der Waals surface area contributed by atoms with Crippen molar-refractivity contribution in [1.29, 1.82) is 0 Å². The van der Waals surface area contributed by atoms with E-state index in [1.54, 1.807) is 0 Å². The Morgan fingerprint density at radius 2 is 1.12 bits per heavy atom. The van der Waals surface area contributed by atoms with Crippen LogP contribution in [0.25, 0.3) is 0 Å². The summed E-state index contributed by atoms with van der Waals surface area (Å²) >= 11 is 0. The summed E-state index contributed by atoms with van der Waals surface area (Å²) in [5.41, 5.74) is 2.59. The highest BCUT2D eigenvalue weighted by atomic mass is 35.5. The third-order valence-electron chi connectivity index (χ3n) is 2.55. The zero-order valence-corrected chi connectivity index (χ0v) is 10.1. The molecule has 0 heterocycles. The third kappa shape index (κ3) is 2.84. The number of rotatable bonds is 3. The van der Waals surface area contributed by atoms with Gasteiger partial charge in [-0.3, -0.25) is 0 Å². The number of hydrogen-bond donors (Lipinski definition) is 1. The molecule has 84 valence electrons. The van der Waals surface area contributed by atoms with Crippen molar-refractivity contribution in [2.45, 2.75) is 6.04 Å². The first-order valence-corrected chi connectivity index (χ1v) is 5.19. The number of hydrogen-bond acceptors (Lipinski definition) is 1. The Hall–Kier alpha value is -1.31. The SMILES string of the molecule is CNC(c1ccccc1)c1ccccc1.Cl. The maximum absolute atomic E-state index is 3.33. The van der Waals surface area contributed by atoms with Gasteiger partial charge in [0.05, 0.1) is 6.04 Å². The van der Waals surface area contributed by atoms with E-state index in [9.17, 15) is 0 Å². The first kappa shape index (κ1) is 12.8. The molecular formula is C14H16ClN. The highest BCUT2D eigenvalue weighted by Crippen LogP contribution is 2.20. The summed E-state index contributed by atoms with van der Waals surface area (Å²) in [6.07, 6.45) is 0. The van der Waals surface area contributed by atoms with E-state index in [1.807, 2.05) is 19.2 Å². The van der Waals surface area contributed by atoms with Gasteiger partial charge in [0, 0.05) is 0 Å². The van der Waals surface area contributed by atoms with Gasteiger partial charge in [0.2, 0.25) is 0 Å². The quantitative estimate of drug-likeness (QED) is 0.857. The van der Waals surface area contributed by atoms with Crippen molar-refractivity contribution >= 4 is 12.4 Å². The van der Waals surface area contributed by atoms with Gasteiger partial charge in [0.15, 0.2) is 0 Å². The summed E-state index contributed by atoms with van der Waals surface area (Å²) in [6, 6.07) is 21.2. The molecule has 2 aromatic carbocycles. The standard InChI is InChI=1S/C14H15N.ClH/c1-15-14(12-8-4-2-5-9-12)13-10-6-3-7-11-13;/h2-11,14-15H,1H3;1H. The zero-order valence-electron chi connectivity index (χ0n) is 9.26. The van der Waals surface area contributed by atoms with Gasteiger partial charge < -0.3 is 5.32 Å². The van der Waals surface area contributed by atoms with Gasteiger partial charge in [0.1, 0.15) is 0 Å². The van der Waals surface area contributed by atoms with E-state index in [1.165, 1.54) is 11.1 Å². The van der Waals surface area contributed by atoms with Crippen LogP contribution in [-0.2, 0) is 0 Å². The molecule has 2 rings (SSSR count). The van der Waals surface area contributed by atoms with Crippen molar-refractivity contribution in [2.75, 3.05) is 7.05 Å². The molecule has 0 radical (unpaired) electrons. The summed E-state index contributed by atoms with van der Waals surface area (Å²) < 4.78 is 0. The highest BCUT2D eigenvalue weighted by Gasteiger charge is 2.09. The Morgan fingerprint density at radius 1 is 0.750 bits per heavy atom. The van der Waals surface area contributed by atoms with Crippen molar-refractivity contribution in [3.63, 3.8) is 0 Å². The molecule has 2 heteroatoms. The molecule has 0 aromatic heterocycles. The molecule has 0 aliphatic carbocycles. The van der Waals surface area contributed by atoms with Crippen LogP contribution in [0.2, 0.25) is 0 Å². The van der Waals surface area contributed by atoms with Crippen molar-refractivity contribution in [3.05, 3.63) is 71.8 Å². The molecule has 0 aliphatic rings. The molecule has 0 aliphatic heterocycles. The van der Waals surface area contributed by atoms with Gasteiger partial charge in [-0.05, 0) is 18.2 Å². The Balaban J connectivity index is 0.00000128. The predicted molar refractivity (Wildman–Crippen MR) is 71.0 cm³/mol. The minimum Gasteiger partial charge on any atom is -0.309 e. The van der Waals surface area contributed by atoms with Gasteiger partial charge in [-0.1, -0.05) is 60.7 Å². The van der Waals surface area contributed by atoms with Crippen LogP contribution in [0.3, 0.4) is 0 Å². The fourth-order valence-electron chi connectivity index (χ4n) is 1.82. The lowest BCUT2D eigenvalue weighted by molar-refractivity contribution is 0.692. The monoisotopic (exact) mass is 233 g/mol. The van der Waals surface area contributed by atoms with Crippen LogP contribution in [-0.4, -0.2) is 7.05 Å². The Morgan fingerprint density at radius 3 is 1.44 bits per heavy atom. The maximum atomic E-state index is 3.33. The molecule has 1 nitrogen and oxygen atoms in total. The van der Waals surface area contributed by atoms with Crippen LogP contribution in [0.5, 0.6) is 0 Å². The Bertz CT molecular complexity index is 360. The molecular weight excluding hydrogens is 218 g/mol. The van der Waals surface area contributed by atoms with Crippen LogP contribution >= 0.6 is 12.4 Å². The molecule has 0 atom stereocenters. The van der Waals surface area contributed by atoms with E-state index in [2.05, 4.69) is 53.8 Å². The molecule has 0 unspecified atom stereocenters. The molecule has 2 aromatic rings. The third-order valence-corrected chi connectivity index (χ3v) is 2.55. The van der Waals surface area contributed by atoms with Gasteiger partial charge in [-0.2, -0.15) is 0 Å². The summed E-state index contributed by atoms with van der Waals surface area (Å²) in [6.45, 7) is 0. The van der Waals surface area contributed by atoms with Crippen molar-refractivity contribution < 1.29 is 0 Å². The molecule has 0 amide bonds. The molecule has 0 spiro atoms. The molecule has 0 saturated carbocycles. The summed E-state index contributed by atoms with van der Waals surface area (Å²) in [5.74, 6) is 0. The number of benzene rings is 2. The van der Waals surface area contributed by atoms with E-state index in [0.29, 0.717) is 0 Å². The minimum atomic E-state index is 0.